The van der Waals surface area contributed by atoms with Gasteiger partial charge in [-0.15, -0.1) is 0 Å². The highest BCUT2D eigenvalue weighted by atomic mass is 16.4. The second-order valence-corrected chi connectivity index (χ2v) is 7.96. The van der Waals surface area contributed by atoms with Crippen LogP contribution < -0.4 is 33.2 Å². The highest BCUT2D eigenvalue weighted by molar-refractivity contribution is 5.96. The number of carbonyl (C=O) groups is 5. The Morgan fingerprint density at radius 2 is 1.44 bits per heavy atom. The van der Waals surface area contributed by atoms with E-state index in [2.05, 4.69) is 16.0 Å². The van der Waals surface area contributed by atoms with E-state index in [-0.39, 0.29) is 12.8 Å². The largest absolute Gasteiger partial charge is 0.480 e. The molecular weight excluding hydrogens is 444 g/mol. The van der Waals surface area contributed by atoms with Crippen LogP contribution in [0.15, 0.2) is 30.3 Å². The molecule has 4 amide bonds. The fourth-order valence-electron chi connectivity index (χ4n) is 3.07. The van der Waals surface area contributed by atoms with E-state index in [4.69, 9.17) is 17.2 Å². The van der Waals surface area contributed by atoms with Gasteiger partial charge < -0.3 is 38.3 Å². The molecule has 34 heavy (non-hydrogen) atoms. The minimum Gasteiger partial charge on any atom is -0.480 e. The number of rotatable bonds is 15. The molecule has 1 aromatic carbocycles. The van der Waals surface area contributed by atoms with Gasteiger partial charge in [0.2, 0.25) is 23.6 Å². The molecule has 0 fully saturated rings. The van der Waals surface area contributed by atoms with Gasteiger partial charge in [0.05, 0.1) is 12.5 Å². The minimum atomic E-state index is -1.36. The van der Waals surface area contributed by atoms with Crippen LogP contribution in [-0.4, -0.2) is 65.4 Å². The van der Waals surface area contributed by atoms with Crippen LogP contribution in [0.25, 0.3) is 0 Å². The number of hydrogen-bond acceptors (Lipinski definition) is 7. The molecule has 0 aromatic heterocycles. The van der Waals surface area contributed by atoms with Gasteiger partial charge in [0, 0.05) is 6.42 Å². The second kappa shape index (κ2) is 14.6. The standard InChI is InChI=1S/C22H34N6O6/c1-13(24)19(30)27-17(12-18(25)29)21(32)28-16(11-14-7-3-2-4-8-14)20(31)26-15(22(33)34)9-5-6-10-23/h2-4,7-8,13,15-17H,5-6,9-12,23-24H2,1H3,(H2,25,29)(H,26,31)(H,27,30)(H,28,32)(H,33,34). The van der Waals surface area contributed by atoms with Crippen LogP contribution in [0, 0.1) is 0 Å². The van der Waals surface area contributed by atoms with Gasteiger partial charge in [-0.05, 0) is 38.3 Å². The van der Waals surface area contributed by atoms with Crippen LogP contribution >= 0.6 is 0 Å². The van der Waals surface area contributed by atoms with Gasteiger partial charge in [0.1, 0.15) is 18.1 Å². The Morgan fingerprint density at radius 1 is 0.882 bits per heavy atom. The van der Waals surface area contributed by atoms with E-state index in [9.17, 15) is 29.1 Å². The van der Waals surface area contributed by atoms with Crippen molar-refractivity contribution in [1.29, 1.82) is 0 Å². The molecule has 0 saturated carbocycles. The van der Waals surface area contributed by atoms with E-state index in [0.29, 0.717) is 24.9 Å². The molecule has 0 saturated heterocycles. The number of carboxylic acid groups (broad SMARTS) is 1. The number of aliphatic carboxylic acids is 1. The molecule has 12 nitrogen and oxygen atoms in total. The van der Waals surface area contributed by atoms with E-state index >= 15 is 0 Å². The summed E-state index contributed by atoms with van der Waals surface area (Å²) in [6, 6.07) is 4.08. The molecule has 0 heterocycles. The number of nitrogens with two attached hydrogens (primary N) is 3. The lowest BCUT2D eigenvalue weighted by Crippen LogP contribution is -2.58. The molecule has 188 valence electrons. The molecule has 12 heteroatoms. The fourth-order valence-corrected chi connectivity index (χ4v) is 3.07. The zero-order valence-electron chi connectivity index (χ0n) is 19.2. The van der Waals surface area contributed by atoms with Crippen molar-refractivity contribution in [1.82, 2.24) is 16.0 Å². The quantitative estimate of drug-likeness (QED) is 0.141. The maximum atomic E-state index is 13.0. The van der Waals surface area contributed by atoms with Gasteiger partial charge in [0.25, 0.3) is 0 Å². The van der Waals surface area contributed by atoms with E-state index in [1.807, 2.05) is 0 Å². The van der Waals surface area contributed by atoms with Crippen LogP contribution in [0.5, 0.6) is 0 Å². The van der Waals surface area contributed by atoms with Crippen molar-refractivity contribution >= 4 is 29.6 Å². The zero-order chi connectivity index (χ0) is 25.7. The van der Waals surface area contributed by atoms with Gasteiger partial charge in [0.15, 0.2) is 0 Å². The van der Waals surface area contributed by atoms with E-state index in [1.54, 1.807) is 30.3 Å². The molecule has 4 atom stereocenters. The maximum absolute atomic E-state index is 13.0. The number of primary amides is 1. The summed E-state index contributed by atoms with van der Waals surface area (Å²) in [6.07, 6.45) is 0.781. The second-order valence-electron chi connectivity index (χ2n) is 7.96. The maximum Gasteiger partial charge on any atom is 0.326 e. The number of carboxylic acids is 1. The lowest BCUT2D eigenvalue weighted by atomic mass is 10.0. The molecule has 10 N–H and O–H groups in total. The number of nitrogens with one attached hydrogen (secondary N) is 3. The summed E-state index contributed by atoms with van der Waals surface area (Å²) in [7, 11) is 0. The summed E-state index contributed by atoms with van der Waals surface area (Å²) in [5.41, 5.74) is 16.9. The van der Waals surface area contributed by atoms with Crippen molar-refractivity contribution in [3.63, 3.8) is 0 Å². The first-order valence-corrected chi connectivity index (χ1v) is 11.0. The lowest BCUT2D eigenvalue weighted by molar-refractivity contribution is -0.142. The summed E-state index contributed by atoms with van der Waals surface area (Å²) in [5, 5.41) is 16.8. The predicted molar refractivity (Wildman–Crippen MR) is 124 cm³/mol. The highest BCUT2D eigenvalue weighted by Crippen LogP contribution is 2.07. The van der Waals surface area contributed by atoms with Crippen LogP contribution in [-0.2, 0) is 30.4 Å². The van der Waals surface area contributed by atoms with Gasteiger partial charge in [-0.2, -0.15) is 0 Å². The van der Waals surface area contributed by atoms with E-state index in [0.717, 1.165) is 0 Å². The van der Waals surface area contributed by atoms with Crippen molar-refractivity contribution in [3.05, 3.63) is 35.9 Å². The highest BCUT2D eigenvalue weighted by Gasteiger charge is 2.30. The molecule has 0 radical (unpaired) electrons. The van der Waals surface area contributed by atoms with Gasteiger partial charge >= 0.3 is 5.97 Å². The molecular formula is C22H34N6O6. The van der Waals surface area contributed by atoms with Crippen LogP contribution in [0.4, 0.5) is 0 Å². The molecule has 4 unspecified atom stereocenters. The number of benzene rings is 1. The predicted octanol–water partition coefficient (Wildman–Crippen LogP) is -1.88. The van der Waals surface area contributed by atoms with Crippen molar-refractivity contribution in [2.45, 2.75) is 63.2 Å². The molecule has 0 aliphatic heterocycles. The van der Waals surface area contributed by atoms with Gasteiger partial charge in [-0.25, -0.2) is 4.79 Å². The summed E-state index contributed by atoms with van der Waals surface area (Å²) in [6.45, 7) is 1.79. The van der Waals surface area contributed by atoms with Crippen molar-refractivity contribution < 1.29 is 29.1 Å². The van der Waals surface area contributed by atoms with Crippen molar-refractivity contribution in [2.24, 2.45) is 17.2 Å². The average Bonchev–Trinajstić information content (AvgIpc) is 2.77. The number of amides is 4. The Bertz CT molecular complexity index is 848. The number of hydrogen-bond donors (Lipinski definition) is 7. The van der Waals surface area contributed by atoms with Crippen LogP contribution in [0.1, 0.15) is 38.2 Å². The Kier molecular flexibility index (Phi) is 12.2. The van der Waals surface area contributed by atoms with Crippen molar-refractivity contribution in [2.75, 3.05) is 6.54 Å². The molecule has 1 rings (SSSR count). The Labute approximate surface area is 198 Å². The number of carbonyl (C=O) groups excluding carboxylic acids is 4. The molecule has 0 aliphatic carbocycles. The van der Waals surface area contributed by atoms with Crippen LogP contribution in [0.3, 0.4) is 0 Å². The Morgan fingerprint density at radius 3 is 1.97 bits per heavy atom. The third-order valence-electron chi connectivity index (χ3n) is 4.93. The Hall–Kier alpha value is -3.51. The van der Waals surface area contributed by atoms with Gasteiger partial charge in [-0.1, -0.05) is 30.3 Å². The Balaban J connectivity index is 3.07. The third kappa shape index (κ3) is 10.4. The normalized spacial score (nSPS) is 14.2. The lowest BCUT2D eigenvalue weighted by Gasteiger charge is -2.24. The fraction of sp³-hybridized carbons (Fsp3) is 0.500. The molecule has 0 spiro atoms. The molecule has 0 bridgehead atoms. The molecule has 1 aromatic rings. The smallest absolute Gasteiger partial charge is 0.326 e. The summed E-state index contributed by atoms with van der Waals surface area (Å²) >= 11 is 0. The van der Waals surface area contributed by atoms with Crippen LogP contribution in [0.2, 0.25) is 0 Å². The topological polar surface area (TPSA) is 220 Å². The monoisotopic (exact) mass is 478 g/mol. The van der Waals surface area contributed by atoms with Crippen molar-refractivity contribution in [3.8, 4) is 0 Å². The summed E-state index contributed by atoms with van der Waals surface area (Å²) in [5.74, 6) is -4.31. The van der Waals surface area contributed by atoms with E-state index in [1.165, 1.54) is 6.92 Å². The molecule has 0 aliphatic rings. The SMILES string of the molecule is CC(N)C(=O)NC(CC(N)=O)C(=O)NC(Cc1ccccc1)C(=O)NC(CCCCN)C(=O)O. The zero-order valence-corrected chi connectivity index (χ0v) is 19.2. The third-order valence-corrected chi connectivity index (χ3v) is 4.93. The minimum absolute atomic E-state index is 0.0398. The summed E-state index contributed by atoms with van der Waals surface area (Å²) < 4.78 is 0. The van der Waals surface area contributed by atoms with E-state index < -0.39 is 60.2 Å². The average molecular weight is 479 g/mol. The van der Waals surface area contributed by atoms with Gasteiger partial charge in [-0.3, -0.25) is 19.2 Å². The first-order valence-electron chi connectivity index (χ1n) is 11.0. The first-order chi connectivity index (χ1) is 16.0. The number of unbranched alkanes of at least 4 members (excludes halogenated alkanes) is 1. The first kappa shape index (κ1) is 28.5. The summed E-state index contributed by atoms with van der Waals surface area (Å²) in [4.78, 5) is 60.9.